The molecule has 0 radical (unpaired) electrons. The van der Waals surface area contributed by atoms with Gasteiger partial charge in [0, 0.05) is 36.6 Å². The first-order chi connectivity index (χ1) is 13.6. The van der Waals surface area contributed by atoms with Gasteiger partial charge in [-0.15, -0.1) is 0 Å². The molecule has 0 atom stereocenters. The fourth-order valence-electron chi connectivity index (χ4n) is 3.11. The first-order valence-electron chi connectivity index (χ1n) is 9.19. The number of benzene rings is 2. The second-order valence-corrected chi connectivity index (χ2v) is 8.11. The van der Waals surface area contributed by atoms with E-state index in [-0.39, 0.29) is 0 Å². The Kier molecular flexibility index (Phi) is 5.59. The normalized spacial score (nSPS) is 13.8. The Balaban J connectivity index is 1.53. The number of aromatic nitrogens is 2. The lowest BCUT2D eigenvalue weighted by atomic mass is 10.0. The van der Waals surface area contributed by atoms with Gasteiger partial charge in [-0.2, -0.15) is 9.36 Å². The number of aryl methyl sites for hydroxylation is 2. The quantitative estimate of drug-likeness (QED) is 0.574. The highest BCUT2D eigenvalue weighted by Gasteiger charge is 2.14. The second-order valence-electron chi connectivity index (χ2n) is 6.96. The molecule has 0 fully saturated rings. The van der Waals surface area contributed by atoms with Crippen molar-refractivity contribution >= 4 is 35.2 Å². The minimum atomic E-state index is 0.563. The van der Waals surface area contributed by atoms with Crippen LogP contribution in [0.2, 0.25) is 5.02 Å². The van der Waals surface area contributed by atoms with E-state index in [1.54, 1.807) is 0 Å². The summed E-state index contributed by atoms with van der Waals surface area (Å²) in [5.74, 6) is 1.59. The summed E-state index contributed by atoms with van der Waals surface area (Å²) in [6.07, 6.45) is 4.53. The molecule has 2 heterocycles. The van der Waals surface area contributed by atoms with Crippen LogP contribution in [0.5, 0.6) is 10.9 Å². The van der Waals surface area contributed by atoms with E-state index >= 15 is 0 Å². The molecule has 0 amide bonds. The van der Waals surface area contributed by atoms with E-state index in [9.17, 15) is 0 Å². The third kappa shape index (κ3) is 4.51. The van der Waals surface area contributed by atoms with Gasteiger partial charge in [0.2, 0.25) is 0 Å². The van der Waals surface area contributed by atoms with Crippen LogP contribution in [0.1, 0.15) is 28.9 Å². The molecule has 28 heavy (non-hydrogen) atoms. The molecule has 1 aliphatic rings. The molecule has 4 rings (SSSR count). The van der Waals surface area contributed by atoms with E-state index in [4.69, 9.17) is 16.3 Å². The van der Waals surface area contributed by atoms with Gasteiger partial charge in [0.05, 0.1) is 12.0 Å². The van der Waals surface area contributed by atoms with Crippen molar-refractivity contribution in [3.63, 3.8) is 0 Å². The standard InChI is InChI=1S/C21H21ClN4OS/c1-14-10-19(16-4-3-9-26(2)13-23-18(14)12-16)27-21-24-20(25-28-21)11-15-5-7-17(22)8-6-15/h5-8,10,12-13H,3-4,9,11H2,1-2H3. The van der Waals surface area contributed by atoms with Gasteiger partial charge in [0.1, 0.15) is 5.75 Å². The van der Waals surface area contributed by atoms with Crippen LogP contribution in [-0.4, -0.2) is 34.2 Å². The van der Waals surface area contributed by atoms with E-state index in [1.165, 1.54) is 11.5 Å². The van der Waals surface area contributed by atoms with Crippen LogP contribution in [0.4, 0.5) is 5.69 Å². The summed E-state index contributed by atoms with van der Waals surface area (Å²) in [5.41, 5.74) is 4.34. The maximum Gasteiger partial charge on any atom is 0.298 e. The first-order valence-corrected chi connectivity index (χ1v) is 10.3. The molecule has 1 aromatic heterocycles. The van der Waals surface area contributed by atoms with E-state index in [0.29, 0.717) is 11.6 Å². The second kappa shape index (κ2) is 8.29. The number of fused-ring (bicyclic) bond motifs is 2. The van der Waals surface area contributed by atoms with Crippen LogP contribution < -0.4 is 4.74 Å². The lowest BCUT2D eigenvalue weighted by Gasteiger charge is -2.12. The number of hydrogen-bond donors (Lipinski definition) is 0. The van der Waals surface area contributed by atoms with Crippen LogP contribution in [0.25, 0.3) is 0 Å². The molecule has 1 aliphatic heterocycles. The zero-order chi connectivity index (χ0) is 19.5. The minimum Gasteiger partial charge on any atom is -0.430 e. The van der Waals surface area contributed by atoms with Gasteiger partial charge in [-0.1, -0.05) is 23.7 Å². The molecule has 0 aliphatic carbocycles. The van der Waals surface area contributed by atoms with E-state index < -0.39 is 0 Å². The highest BCUT2D eigenvalue weighted by Crippen LogP contribution is 2.34. The Morgan fingerprint density at radius 1 is 1.21 bits per heavy atom. The number of ether oxygens (including phenoxy) is 1. The number of halogens is 1. The van der Waals surface area contributed by atoms with Crippen LogP contribution >= 0.6 is 23.1 Å². The summed E-state index contributed by atoms with van der Waals surface area (Å²) in [4.78, 5) is 11.3. The fourth-order valence-corrected chi connectivity index (χ4v) is 3.80. The number of rotatable bonds is 4. The lowest BCUT2D eigenvalue weighted by Crippen LogP contribution is -2.17. The Morgan fingerprint density at radius 2 is 2.04 bits per heavy atom. The van der Waals surface area contributed by atoms with E-state index in [2.05, 4.69) is 25.3 Å². The van der Waals surface area contributed by atoms with E-state index in [0.717, 1.165) is 58.4 Å². The summed E-state index contributed by atoms with van der Waals surface area (Å²) < 4.78 is 10.6. The Hall–Kier alpha value is -2.44. The summed E-state index contributed by atoms with van der Waals surface area (Å²) in [6.45, 7) is 3.01. The molecule has 0 saturated carbocycles. The molecule has 5 nitrogen and oxygen atoms in total. The van der Waals surface area contributed by atoms with Crippen molar-refractivity contribution in [2.24, 2.45) is 4.99 Å². The molecule has 0 unspecified atom stereocenters. The lowest BCUT2D eigenvalue weighted by molar-refractivity contribution is 0.464. The largest absolute Gasteiger partial charge is 0.430 e. The molecule has 0 N–H and O–H groups in total. The van der Waals surface area contributed by atoms with Gasteiger partial charge in [-0.3, -0.25) is 0 Å². The average molecular weight is 413 g/mol. The van der Waals surface area contributed by atoms with Gasteiger partial charge in [-0.05, 0) is 60.7 Å². The highest BCUT2D eigenvalue weighted by atomic mass is 35.5. The fraction of sp³-hybridized carbons (Fsp3) is 0.286. The van der Waals surface area contributed by atoms with Gasteiger partial charge in [0.15, 0.2) is 5.82 Å². The van der Waals surface area contributed by atoms with Gasteiger partial charge in [0.25, 0.3) is 5.19 Å². The molecule has 0 saturated heterocycles. The summed E-state index contributed by atoms with van der Waals surface area (Å²) >= 11 is 7.23. The molecule has 0 spiro atoms. The van der Waals surface area contributed by atoms with Crippen molar-refractivity contribution < 1.29 is 4.74 Å². The molecular formula is C21H21ClN4OS. The number of aliphatic imine (C=N–C) groups is 1. The first kappa shape index (κ1) is 18.9. The van der Waals surface area contributed by atoms with Gasteiger partial charge < -0.3 is 9.64 Å². The molecular weight excluding hydrogens is 392 g/mol. The molecule has 3 aromatic rings. The van der Waals surface area contributed by atoms with Gasteiger partial charge >= 0.3 is 0 Å². The van der Waals surface area contributed by atoms with Crippen LogP contribution in [0.3, 0.4) is 0 Å². The van der Waals surface area contributed by atoms with Crippen LogP contribution in [-0.2, 0) is 12.8 Å². The molecule has 2 aromatic carbocycles. The SMILES string of the molecule is Cc1cc(Oc2nc(Cc3ccc(Cl)cc3)ns2)c2cc1N=CN(C)CCC2. The Morgan fingerprint density at radius 3 is 2.86 bits per heavy atom. The van der Waals surface area contributed by atoms with Crippen molar-refractivity contribution in [3.8, 4) is 10.9 Å². The van der Waals surface area contributed by atoms with Crippen molar-refractivity contribution in [2.45, 2.75) is 26.2 Å². The smallest absolute Gasteiger partial charge is 0.298 e. The van der Waals surface area contributed by atoms with Crippen molar-refractivity contribution in [2.75, 3.05) is 13.6 Å². The molecule has 7 heteroatoms. The highest BCUT2D eigenvalue weighted by molar-refractivity contribution is 7.07. The zero-order valence-corrected chi connectivity index (χ0v) is 17.4. The number of hydrogen-bond acceptors (Lipinski definition) is 6. The summed E-state index contributed by atoms with van der Waals surface area (Å²) in [6, 6.07) is 11.9. The maximum absolute atomic E-state index is 6.13. The third-order valence-electron chi connectivity index (χ3n) is 4.65. The predicted octanol–water partition coefficient (Wildman–Crippen LogP) is 5.42. The molecule has 2 bridgehead atoms. The Labute approximate surface area is 173 Å². The zero-order valence-electron chi connectivity index (χ0n) is 15.9. The third-order valence-corrected chi connectivity index (χ3v) is 5.54. The average Bonchev–Trinajstić information content (AvgIpc) is 3.13. The number of nitrogens with zero attached hydrogens (tertiary/aromatic N) is 4. The Bertz CT molecular complexity index is 1000. The van der Waals surface area contributed by atoms with Crippen molar-refractivity contribution in [1.29, 1.82) is 0 Å². The predicted molar refractivity (Wildman–Crippen MR) is 115 cm³/mol. The monoisotopic (exact) mass is 412 g/mol. The van der Waals surface area contributed by atoms with Crippen LogP contribution in [0.15, 0.2) is 41.4 Å². The van der Waals surface area contributed by atoms with Gasteiger partial charge in [-0.25, -0.2) is 4.99 Å². The summed E-state index contributed by atoms with van der Waals surface area (Å²) in [5, 5.41) is 1.29. The van der Waals surface area contributed by atoms with Crippen LogP contribution in [0, 0.1) is 6.92 Å². The van der Waals surface area contributed by atoms with E-state index in [1.807, 2.05) is 50.6 Å². The topological polar surface area (TPSA) is 50.6 Å². The minimum absolute atomic E-state index is 0.563. The summed E-state index contributed by atoms with van der Waals surface area (Å²) in [7, 11) is 2.05. The molecule has 144 valence electrons. The maximum atomic E-state index is 6.13. The van der Waals surface area contributed by atoms with Crippen molar-refractivity contribution in [3.05, 3.63) is 63.9 Å². The van der Waals surface area contributed by atoms with Crippen molar-refractivity contribution in [1.82, 2.24) is 14.3 Å².